The third kappa shape index (κ3) is 4.15. The van der Waals surface area contributed by atoms with Gasteiger partial charge in [-0.2, -0.15) is 4.72 Å². The molecule has 0 heterocycles. The molecule has 0 bridgehead atoms. The summed E-state index contributed by atoms with van der Waals surface area (Å²) >= 11 is 0. The third-order valence-corrected chi connectivity index (χ3v) is 4.86. The van der Waals surface area contributed by atoms with E-state index < -0.39 is 21.5 Å². The predicted octanol–water partition coefficient (Wildman–Crippen LogP) is 2.36. The van der Waals surface area contributed by atoms with Crippen molar-refractivity contribution in [2.45, 2.75) is 37.6 Å². The smallest absolute Gasteiger partial charge is 0.324 e. The summed E-state index contributed by atoms with van der Waals surface area (Å²) in [7, 11) is -3.79. The molecule has 1 aliphatic rings. The van der Waals surface area contributed by atoms with Crippen LogP contribution in [0.2, 0.25) is 0 Å². The molecule has 0 radical (unpaired) electrons. The second-order valence-electron chi connectivity index (χ2n) is 5.31. The van der Waals surface area contributed by atoms with Gasteiger partial charge in [-0.05, 0) is 24.5 Å². The van der Waals surface area contributed by atoms with Gasteiger partial charge in [0, 0.05) is 5.41 Å². The van der Waals surface area contributed by atoms with E-state index in [1.807, 2.05) is 6.07 Å². The average Bonchev–Trinajstić information content (AvgIpc) is 2.47. The number of carbonyl (C=O) groups is 1. The quantitative estimate of drug-likeness (QED) is 0.874. The van der Waals surface area contributed by atoms with Gasteiger partial charge >= 0.3 is 5.97 Å². The van der Waals surface area contributed by atoms with E-state index in [0.29, 0.717) is 12.8 Å². The number of rotatable bonds is 5. The summed E-state index contributed by atoms with van der Waals surface area (Å²) in [5, 5.41) is 10.4. The zero-order chi connectivity index (χ0) is 15.3. The van der Waals surface area contributed by atoms with Crippen molar-refractivity contribution >= 4 is 22.1 Å². The van der Waals surface area contributed by atoms with Crippen LogP contribution in [0.5, 0.6) is 0 Å². The van der Waals surface area contributed by atoms with Crippen molar-refractivity contribution in [3.05, 3.63) is 41.3 Å². The summed E-state index contributed by atoms with van der Waals surface area (Å²) in [6, 6.07) is 9.00. The molecule has 0 amide bonds. The van der Waals surface area contributed by atoms with E-state index >= 15 is 0 Å². The molecule has 1 aromatic rings. The molecule has 5 nitrogen and oxygen atoms in total. The molecular formula is C15H19NO4S. The molecule has 0 saturated heterocycles. The first-order valence-corrected chi connectivity index (χ1v) is 8.49. The summed E-state index contributed by atoms with van der Waals surface area (Å²) in [6.45, 7) is 0. The van der Waals surface area contributed by atoms with Crippen LogP contribution in [0.15, 0.2) is 35.7 Å². The highest BCUT2D eigenvalue weighted by Crippen LogP contribution is 2.29. The number of nitrogens with one attached hydrogen (secondary N) is 1. The predicted molar refractivity (Wildman–Crippen MR) is 81.0 cm³/mol. The molecule has 1 saturated carbocycles. The molecule has 0 unspecified atom stereocenters. The Labute approximate surface area is 124 Å². The largest absolute Gasteiger partial charge is 0.480 e. The highest BCUT2D eigenvalue weighted by atomic mass is 32.2. The lowest BCUT2D eigenvalue weighted by molar-refractivity contribution is -0.145. The number of aliphatic carboxylic acids is 1. The molecule has 1 aromatic carbocycles. The number of carboxylic acid groups (broad SMARTS) is 1. The molecule has 6 heteroatoms. The zero-order valence-electron chi connectivity index (χ0n) is 11.7. The van der Waals surface area contributed by atoms with Crippen LogP contribution in [0.25, 0.3) is 6.08 Å². The maximum Gasteiger partial charge on any atom is 0.324 e. The summed E-state index contributed by atoms with van der Waals surface area (Å²) in [5.74, 6) is -1.10. The minimum absolute atomic E-state index is 0.334. The monoisotopic (exact) mass is 309 g/mol. The Hall–Kier alpha value is -1.66. The Balaban J connectivity index is 2.16. The van der Waals surface area contributed by atoms with E-state index in [-0.39, 0.29) is 0 Å². The van der Waals surface area contributed by atoms with Crippen LogP contribution < -0.4 is 4.72 Å². The molecule has 1 fully saturated rings. The van der Waals surface area contributed by atoms with Gasteiger partial charge in [0.15, 0.2) is 0 Å². The molecule has 0 atom stereocenters. The van der Waals surface area contributed by atoms with Crippen LogP contribution in [0.1, 0.15) is 37.7 Å². The minimum atomic E-state index is -3.79. The van der Waals surface area contributed by atoms with E-state index in [1.54, 1.807) is 24.3 Å². The van der Waals surface area contributed by atoms with Crippen LogP contribution in [-0.2, 0) is 14.8 Å². The van der Waals surface area contributed by atoms with E-state index in [0.717, 1.165) is 30.2 Å². The second kappa shape index (κ2) is 6.41. The first-order chi connectivity index (χ1) is 9.94. The molecule has 0 aromatic heterocycles. The number of sulfonamides is 1. The SMILES string of the molecule is O=C(O)C1(NS(=O)(=O)C=Cc2ccccc2)CCCCC1. The zero-order valence-corrected chi connectivity index (χ0v) is 12.5. The van der Waals surface area contributed by atoms with Gasteiger partial charge in [-0.3, -0.25) is 4.79 Å². The maximum absolute atomic E-state index is 12.1. The van der Waals surface area contributed by atoms with Gasteiger partial charge in [-0.15, -0.1) is 0 Å². The Morgan fingerprint density at radius 3 is 2.33 bits per heavy atom. The van der Waals surface area contributed by atoms with Crippen LogP contribution in [0.3, 0.4) is 0 Å². The van der Waals surface area contributed by atoms with Crippen molar-refractivity contribution in [1.29, 1.82) is 0 Å². The number of benzene rings is 1. The fourth-order valence-electron chi connectivity index (χ4n) is 2.55. The van der Waals surface area contributed by atoms with Gasteiger partial charge in [-0.25, -0.2) is 8.42 Å². The Kier molecular flexibility index (Phi) is 4.80. The lowest BCUT2D eigenvalue weighted by Crippen LogP contribution is -2.54. The summed E-state index contributed by atoms with van der Waals surface area (Å²) < 4.78 is 26.6. The fourth-order valence-corrected chi connectivity index (χ4v) is 3.79. The van der Waals surface area contributed by atoms with E-state index in [9.17, 15) is 18.3 Å². The minimum Gasteiger partial charge on any atom is -0.480 e. The van der Waals surface area contributed by atoms with E-state index in [4.69, 9.17) is 0 Å². The van der Waals surface area contributed by atoms with Crippen molar-refractivity contribution in [2.75, 3.05) is 0 Å². The average molecular weight is 309 g/mol. The Morgan fingerprint density at radius 2 is 1.76 bits per heavy atom. The molecule has 1 aliphatic carbocycles. The van der Waals surface area contributed by atoms with Crippen molar-refractivity contribution in [2.24, 2.45) is 0 Å². The highest BCUT2D eigenvalue weighted by molar-refractivity contribution is 7.92. The van der Waals surface area contributed by atoms with Crippen molar-refractivity contribution < 1.29 is 18.3 Å². The van der Waals surface area contributed by atoms with E-state index in [2.05, 4.69) is 4.72 Å². The Bertz CT molecular complexity index is 616. The Morgan fingerprint density at radius 1 is 1.14 bits per heavy atom. The highest BCUT2D eigenvalue weighted by Gasteiger charge is 2.42. The lowest BCUT2D eigenvalue weighted by atomic mass is 9.83. The molecule has 0 aliphatic heterocycles. The van der Waals surface area contributed by atoms with E-state index in [1.165, 1.54) is 6.08 Å². The van der Waals surface area contributed by atoms with Gasteiger partial charge in [0.1, 0.15) is 5.54 Å². The van der Waals surface area contributed by atoms with Crippen LogP contribution in [0.4, 0.5) is 0 Å². The van der Waals surface area contributed by atoms with Crippen molar-refractivity contribution in [1.82, 2.24) is 4.72 Å². The fraction of sp³-hybridized carbons (Fsp3) is 0.400. The number of hydrogen-bond donors (Lipinski definition) is 2. The molecule has 114 valence electrons. The van der Waals surface area contributed by atoms with Crippen LogP contribution in [0, 0.1) is 0 Å². The van der Waals surface area contributed by atoms with Gasteiger partial charge < -0.3 is 5.11 Å². The van der Waals surface area contributed by atoms with Gasteiger partial charge in [0.25, 0.3) is 0 Å². The third-order valence-electron chi connectivity index (χ3n) is 3.69. The molecule has 2 N–H and O–H groups in total. The summed E-state index contributed by atoms with van der Waals surface area (Å²) in [5.41, 5.74) is -0.617. The number of carboxylic acids is 1. The maximum atomic E-state index is 12.1. The number of hydrogen-bond acceptors (Lipinski definition) is 3. The van der Waals surface area contributed by atoms with Crippen molar-refractivity contribution in [3.63, 3.8) is 0 Å². The second-order valence-corrected chi connectivity index (χ2v) is 6.87. The first kappa shape index (κ1) is 15.7. The summed E-state index contributed by atoms with van der Waals surface area (Å²) in [4.78, 5) is 11.5. The van der Waals surface area contributed by atoms with Gasteiger partial charge in [0.2, 0.25) is 10.0 Å². The normalized spacial score (nSPS) is 18.7. The molecule has 0 spiro atoms. The molecule has 2 rings (SSSR count). The molecular weight excluding hydrogens is 290 g/mol. The topological polar surface area (TPSA) is 83.5 Å². The van der Waals surface area contributed by atoms with Gasteiger partial charge in [-0.1, -0.05) is 49.6 Å². The van der Waals surface area contributed by atoms with Gasteiger partial charge in [0.05, 0.1) is 0 Å². The van der Waals surface area contributed by atoms with Crippen LogP contribution >= 0.6 is 0 Å². The lowest BCUT2D eigenvalue weighted by Gasteiger charge is -2.33. The van der Waals surface area contributed by atoms with Crippen LogP contribution in [-0.4, -0.2) is 25.0 Å². The standard InChI is InChI=1S/C15H19NO4S/c17-14(18)15(10-5-2-6-11-15)16-21(19,20)12-9-13-7-3-1-4-8-13/h1,3-4,7-9,12,16H,2,5-6,10-11H2,(H,17,18). The first-order valence-electron chi connectivity index (χ1n) is 6.94. The summed E-state index contributed by atoms with van der Waals surface area (Å²) in [6.07, 6.45) is 4.51. The van der Waals surface area contributed by atoms with Crippen molar-refractivity contribution in [3.8, 4) is 0 Å². The molecule has 21 heavy (non-hydrogen) atoms.